The second-order valence-electron chi connectivity index (χ2n) is 2.92. The first-order valence-electron chi connectivity index (χ1n) is 4.56. The number of hydrogen-bond donors (Lipinski definition) is 3. The van der Waals surface area contributed by atoms with Gasteiger partial charge in [-0.05, 0) is 6.42 Å². The van der Waals surface area contributed by atoms with Gasteiger partial charge in [0.2, 0.25) is 5.69 Å². The summed E-state index contributed by atoms with van der Waals surface area (Å²) in [7, 11) is 0. The summed E-state index contributed by atoms with van der Waals surface area (Å²) in [5, 5.41) is 7.77. The minimum Gasteiger partial charge on any atom is -0.350 e. The lowest BCUT2D eigenvalue weighted by Crippen LogP contribution is -2.35. The van der Waals surface area contributed by atoms with Crippen LogP contribution in [-0.2, 0) is 0 Å². The topological polar surface area (TPSA) is 108 Å². The van der Waals surface area contributed by atoms with Crippen LogP contribution in [0.3, 0.4) is 0 Å². The number of aromatic amines is 2. The predicted octanol–water partition coefficient (Wildman–Crippen LogP) is -1.40. The molecule has 0 aliphatic carbocycles. The molecule has 0 spiro atoms. The number of amides is 1. The fourth-order valence-corrected chi connectivity index (χ4v) is 0.978. The second kappa shape index (κ2) is 5.50. The van der Waals surface area contributed by atoms with E-state index in [1.54, 1.807) is 0 Å². The number of nitrogens with zero attached hydrogens (tertiary/aromatic N) is 1. The smallest absolute Gasteiger partial charge is 0.342 e. The molecule has 0 radical (unpaired) electrons. The molecule has 7 heteroatoms. The van der Waals surface area contributed by atoms with E-state index in [0.29, 0.717) is 19.4 Å². The van der Waals surface area contributed by atoms with Crippen LogP contribution in [0.25, 0.3) is 0 Å². The summed E-state index contributed by atoms with van der Waals surface area (Å²) in [4.78, 5) is 35.0. The maximum absolute atomic E-state index is 11.4. The highest BCUT2D eigenvalue weighted by Gasteiger charge is 2.11. The highest BCUT2D eigenvalue weighted by molar-refractivity contribution is 5.91. The fraction of sp³-hybridized carbons (Fsp3) is 0.333. The summed E-state index contributed by atoms with van der Waals surface area (Å²) in [5.41, 5.74) is -1.95. The number of terminal acetylenes is 1. The molecule has 0 unspecified atom stereocenters. The monoisotopic (exact) mass is 222 g/mol. The van der Waals surface area contributed by atoms with Crippen molar-refractivity contribution in [2.45, 2.75) is 12.8 Å². The van der Waals surface area contributed by atoms with Gasteiger partial charge in [-0.15, -0.1) is 12.3 Å². The summed E-state index contributed by atoms with van der Waals surface area (Å²) >= 11 is 0. The Labute approximate surface area is 90.3 Å². The van der Waals surface area contributed by atoms with Gasteiger partial charge in [0.05, 0.1) is 0 Å². The van der Waals surface area contributed by atoms with Gasteiger partial charge in [-0.1, -0.05) is 0 Å². The lowest BCUT2D eigenvalue weighted by molar-refractivity contribution is 0.0945. The molecule has 1 aromatic rings. The van der Waals surface area contributed by atoms with Crippen molar-refractivity contribution in [3.63, 3.8) is 0 Å². The Bertz CT molecular complexity index is 523. The average Bonchev–Trinajstić information content (AvgIpc) is 2.24. The third-order valence-corrected chi connectivity index (χ3v) is 1.71. The zero-order chi connectivity index (χ0) is 12.0. The number of nitrogens with one attached hydrogen (secondary N) is 3. The highest BCUT2D eigenvalue weighted by Crippen LogP contribution is 1.85. The van der Waals surface area contributed by atoms with Crippen LogP contribution in [-0.4, -0.2) is 27.6 Å². The Hall–Kier alpha value is -2.36. The normalized spacial score (nSPS) is 9.44. The lowest BCUT2D eigenvalue weighted by Gasteiger charge is -2.01. The SMILES string of the molecule is C#CCCCNC(=O)c1n[nH]c(=O)[nH]c1=O. The van der Waals surface area contributed by atoms with Crippen molar-refractivity contribution in [2.24, 2.45) is 0 Å². The zero-order valence-corrected chi connectivity index (χ0v) is 8.37. The third-order valence-electron chi connectivity index (χ3n) is 1.71. The fourth-order valence-electron chi connectivity index (χ4n) is 0.978. The molecule has 0 atom stereocenters. The lowest BCUT2D eigenvalue weighted by atomic mass is 10.3. The van der Waals surface area contributed by atoms with Crippen molar-refractivity contribution in [3.8, 4) is 12.3 Å². The minimum absolute atomic E-state index is 0.350. The summed E-state index contributed by atoms with van der Waals surface area (Å²) in [5.74, 6) is 1.77. The number of unbranched alkanes of at least 4 members (excludes halogenated alkanes) is 1. The Kier molecular flexibility index (Phi) is 4.03. The van der Waals surface area contributed by atoms with E-state index in [1.165, 1.54) is 0 Å². The molecule has 1 amide bonds. The van der Waals surface area contributed by atoms with Crippen molar-refractivity contribution in [2.75, 3.05) is 6.54 Å². The van der Waals surface area contributed by atoms with Crippen molar-refractivity contribution in [1.82, 2.24) is 20.5 Å². The molecule has 1 rings (SSSR count). The molecular weight excluding hydrogens is 212 g/mol. The number of H-pyrrole nitrogens is 2. The number of carbonyl (C=O) groups is 1. The Morgan fingerprint density at radius 2 is 2.25 bits per heavy atom. The number of rotatable bonds is 4. The first-order valence-corrected chi connectivity index (χ1v) is 4.56. The molecule has 84 valence electrons. The van der Waals surface area contributed by atoms with Crippen LogP contribution >= 0.6 is 0 Å². The number of aromatic nitrogens is 3. The van der Waals surface area contributed by atoms with E-state index in [4.69, 9.17) is 6.42 Å². The minimum atomic E-state index is -0.821. The maximum atomic E-state index is 11.4. The number of carbonyl (C=O) groups excluding carboxylic acids is 1. The van der Waals surface area contributed by atoms with Gasteiger partial charge in [0, 0.05) is 13.0 Å². The molecule has 1 aromatic heterocycles. The molecule has 16 heavy (non-hydrogen) atoms. The Morgan fingerprint density at radius 1 is 1.50 bits per heavy atom. The molecule has 0 saturated heterocycles. The van der Waals surface area contributed by atoms with Gasteiger partial charge in [-0.25, -0.2) is 9.89 Å². The van der Waals surface area contributed by atoms with Gasteiger partial charge in [-0.2, -0.15) is 5.10 Å². The van der Waals surface area contributed by atoms with Gasteiger partial charge in [0.25, 0.3) is 11.5 Å². The molecule has 7 nitrogen and oxygen atoms in total. The molecule has 3 N–H and O–H groups in total. The maximum Gasteiger partial charge on any atom is 0.342 e. The summed E-state index contributed by atoms with van der Waals surface area (Å²) in [6.07, 6.45) is 6.18. The second-order valence-corrected chi connectivity index (χ2v) is 2.92. The average molecular weight is 222 g/mol. The zero-order valence-electron chi connectivity index (χ0n) is 8.37. The largest absolute Gasteiger partial charge is 0.350 e. The van der Waals surface area contributed by atoms with Gasteiger partial charge >= 0.3 is 5.69 Å². The van der Waals surface area contributed by atoms with Crippen LogP contribution in [0.2, 0.25) is 0 Å². The van der Waals surface area contributed by atoms with Crippen LogP contribution in [0.4, 0.5) is 0 Å². The quantitative estimate of drug-likeness (QED) is 0.430. The van der Waals surface area contributed by atoms with E-state index in [-0.39, 0.29) is 5.69 Å². The van der Waals surface area contributed by atoms with E-state index in [0.717, 1.165) is 0 Å². The van der Waals surface area contributed by atoms with E-state index in [2.05, 4.69) is 16.3 Å². The van der Waals surface area contributed by atoms with Crippen LogP contribution in [0.15, 0.2) is 9.59 Å². The summed E-state index contributed by atoms with van der Waals surface area (Å²) in [6, 6.07) is 0. The molecule has 0 aliphatic heterocycles. The van der Waals surface area contributed by atoms with Crippen LogP contribution < -0.4 is 16.6 Å². The van der Waals surface area contributed by atoms with E-state index < -0.39 is 17.2 Å². The first-order chi connectivity index (χ1) is 7.65. The molecule has 0 aromatic carbocycles. The van der Waals surface area contributed by atoms with Crippen LogP contribution in [0.5, 0.6) is 0 Å². The van der Waals surface area contributed by atoms with Gasteiger partial charge in [0.15, 0.2) is 0 Å². The van der Waals surface area contributed by atoms with E-state index >= 15 is 0 Å². The van der Waals surface area contributed by atoms with E-state index in [9.17, 15) is 14.4 Å². The summed E-state index contributed by atoms with van der Waals surface area (Å²) in [6.45, 7) is 0.350. The van der Waals surface area contributed by atoms with Crippen molar-refractivity contribution in [3.05, 3.63) is 26.5 Å². The van der Waals surface area contributed by atoms with Crippen molar-refractivity contribution < 1.29 is 4.79 Å². The summed E-state index contributed by atoms with van der Waals surface area (Å²) < 4.78 is 0. The third kappa shape index (κ3) is 3.09. The number of hydrogen-bond acceptors (Lipinski definition) is 4. The Balaban J connectivity index is 2.64. The molecule has 0 fully saturated rings. The molecular formula is C9H10N4O3. The van der Waals surface area contributed by atoms with Crippen LogP contribution in [0.1, 0.15) is 23.3 Å². The standard InChI is InChI=1S/C9H10N4O3/c1-2-3-4-5-10-7(14)6-8(15)11-9(16)13-12-6/h1H,3-5H2,(H,10,14)(H2,11,13,15,16). The first kappa shape index (κ1) is 11.7. The van der Waals surface area contributed by atoms with Crippen LogP contribution in [0, 0.1) is 12.3 Å². The predicted molar refractivity (Wildman–Crippen MR) is 55.9 cm³/mol. The molecule has 0 saturated carbocycles. The molecule has 1 heterocycles. The van der Waals surface area contributed by atoms with Crippen molar-refractivity contribution >= 4 is 5.91 Å². The Morgan fingerprint density at radius 3 is 2.88 bits per heavy atom. The van der Waals surface area contributed by atoms with Gasteiger partial charge in [-0.3, -0.25) is 14.6 Å². The molecule has 0 bridgehead atoms. The van der Waals surface area contributed by atoms with E-state index in [1.807, 2.05) is 10.1 Å². The molecule has 0 aliphatic rings. The highest BCUT2D eigenvalue weighted by atomic mass is 16.2. The van der Waals surface area contributed by atoms with Gasteiger partial charge in [0.1, 0.15) is 0 Å². The van der Waals surface area contributed by atoms with Crippen molar-refractivity contribution in [1.29, 1.82) is 0 Å². The van der Waals surface area contributed by atoms with Gasteiger partial charge < -0.3 is 5.32 Å².